The van der Waals surface area contributed by atoms with Gasteiger partial charge in [-0.05, 0) is 25.5 Å². The van der Waals surface area contributed by atoms with Crippen molar-refractivity contribution in [3.8, 4) is 0 Å². The van der Waals surface area contributed by atoms with E-state index in [1.54, 1.807) is 19.9 Å². The maximum absolute atomic E-state index is 12.0. The van der Waals surface area contributed by atoms with Gasteiger partial charge in [0.2, 0.25) is 5.71 Å². The number of azo groups is 1. The van der Waals surface area contributed by atoms with E-state index in [1.165, 1.54) is 18.2 Å². The lowest BCUT2D eigenvalue weighted by Gasteiger charge is -1.99. The minimum atomic E-state index is -0.671. The average molecular weight is 313 g/mol. The molecule has 1 aromatic carbocycles. The Morgan fingerprint density at radius 3 is 2.83 bits per heavy atom. The molecule has 3 rings (SSSR count). The average Bonchev–Trinajstić information content (AvgIpc) is 2.88. The van der Waals surface area contributed by atoms with E-state index in [1.807, 2.05) is 0 Å². The first-order chi connectivity index (χ1) is 11.0. The summed E-state index contributed by atoms with van der Waals surface area (Å²) >= 11 is 0. The lowest BCUT2D eigenvalue weighted by atomic mass is 10.1. The van der Waals surface area contributed by atoms with Crippen LogP contribution in [0.1, 0.15) is 11.3 Å². The van der Waals surface area contributed by atoms with E-state index >= 15 is 0 Å². The molecule has 1 N–H and O–H groups in total. The molecule has 0 saturated heterocycles. The minimum Gasteiger partial charge on any atom is -0.400 e. The summed E-state index contributed by atoms with van der Waals surface area (Å²) in [7, 11) is 0. The quantitative estimate of drug-likeness (QED) is 0.450. The Bertz CT molecular complexity index is 1000. The highest BCUT2D eigenvalue weighted by Crippen LogP contribution is 2.27. The van der Waals surface area contributed by atoms with Crippen molar-refractivity contribution in [3.63, 3.8) is 0 Å². The Morgan fingerprint density at radius 1 is 1.30 bits per heavy atom. The molecule has 9 nitrogen and oxygen atoms in total. The van der Waals surface area contributed by atoms with E-state index in [9.17, 15) is 14.9 Å². The molecule has 2 aromatic heterocycles. The summed E-state index contributed by atoms with van der Waals surface area (Å²) in [6.07, 6.45) is 0. The molecule has 0 spiro atoms. The highest BCUT2D eigenvalue weighted by atomic mass is 16.6. The third-order valence-electron chi connectivity index (χ3n) is 3.33. The molecule has 3 aromatic rings. The summed E-state index contributed by atoms with van der Waals surface area (Å²) in [5.74, 6) is 0. The van der Waals surface area contributed by atoms with Crippen LogP contribution < -0.4 is 5.63 Å². The molecular weight excluding hydrogens is 302 g/mol. The lowest BCUT2D eigenvalue weighted by Crippen LogP contribution is -2.00. The molecular formula is C14H11N5O4. The van der Waals surface area contributed by atoms with Gasteiger partial charge in [0.25, 0.3) is 5.69 Å². The van der Waals surface area contributed by atoms with Gasteiger partial charge in [0, 0.05) is 17.8 Å². The van der Waals surface area contributed by atoms with E-state index in [4.69, 9.17) is 4.42 Å². The van der Waals surface area contributed by atoms with Crippen molar-refractivity contribution in [2.45, 2.75) is 13.8 Å². The molecule has 0 aliphatic carbocycles. The molecule has 9 heteroatoms. The van der Waals surface area contributed by atoms with Gasteiger partial charge in [-0.15, -0.1) is 10.2 Å². The summed E-state index contributed by atoms with van der Waals surface area (Å²) in [6.45, 7) is 3.51. The summed E-state index contributed by atoms with van der Waals surface area (Å²) in [5.41, 5.74) is 1.06. The molecule has 0 saturated carbocycles. The van der Waals surface area contributed by atoms with Crippen LogP contribution in [-0.4, -0.2) is 15.1 Å². The monoisotopic (exact) mass is 313 g/mol. The predicted octanol–water partition coefficient (Wildman–Crippen LogP) is 3.46. The highest BCUT2D eigenvalue weighted by Gasteiger charge is 2.15. The van der Waals surface area contributed by atoms with Gasteiger partial charge < -0.3 is 4.42 Å². The van der Waals surface area contributed by atoms with Gasteiger partial charge in [0.15, 0.2) is 5.69 Å². The number of non-ortho nitro benzene ring substituents is 1. The molecule has 0 aliphatic rings. The van der Waals surface area contributed by atoms with Crippen LogP contribution in [0.25, 0.3) is 11.1 Å². The van der Waals surface area contributed by atoms with Gasteiger partial charge in [0.1, 0.15) is 0 Å². The Hall–Kier alpha value is -3.36. The third-order valence-corrected chi connectivity index (χ3v) is 3.33. The Kier molecular flexibility index (Phi) is 3.45. The van der Waals surface area contributed by atoms with Crippen molar-refractivity contribution in [1.82, 2.24) is 10.2 Å². The molecule has 2 heterocycles. The van der Waals surface area contributed by atoms with E-state index in [2.05, 4.69) is 20.4 Å². The predicted molar refractivity (Wildman–Crippen MR) is 81.4 cm³/mol. The number of benzene rings is 1. The molecule has 0 atom stereocenters. The van der Waals surface area contributed by atoms with Crippen molar-refractivity contribution in [3.05, 3.63) is 56.1 Å². The van der Waals surface area contributed by atoms with Crippen LogP contribution in [0.15, 0.2) is 43.7 Å². The van der Waals surface area contributed by atoms with E-state index in [-0.39, 0.29) is 22.8 Å². The molecule has 0 aliphatic heterocycles. The van der Waals surface area contributed by atoms with Gasteiger partial charge in [0.05, 0.1) is 16.0 Å². The maximum atomic E-state index is 12.0. The number of H-pyrrole nitrogens is 1. The molecule has 0 amide bonds. The maximum Gasteiger partial charge on any atom is 0.365 e. The number of hydrogen-bond acceptors (Lipinski definition) is 7. The number of nitro benzene ring substituents is 1. The van der Waals surface area contributed by atoms with Crippen LogP contribution >= 0.6 is 0 Å². The third kappa shape index (κ3) is 2.59. The van der Waals surface area contributed by atoms with Crippen molar-refractivity contribution in [1.29, 1.82) is 0 Å². The molecule has 0 bridgehead atoms. The zero-order valence-electron chi connectivity index (χ0n) is 12.2. The number of nitrogens with one attached hydrogen (secondary N) is 1. The molecule has 23 heavy (non-hydrogen) atoms. The fraction of sp³-hybridized carbons (Fsp3) is 0.143. The smallest absolute Gasteiger partial charge is 0.365 e. The number of hydrogen-bond donors (Lipinski definition) is 1. The van der Waals surface area contributed by atoms with Gasteiger partial charge in [-0.2, -0.15) is 5.11 Å². The van der Waals surface area contributed by atoms with Crippen molar-refractivity contribution in [2.75, 3.05) is 0 Å². The Labute approximate surface area is 128 Å². The van der Waals surface area contributed by atoms with Crippen molar-refractivity contribution in [2.24, 2.45) is 10.2 Å². The first-order valence-electron chi connectivity index (χ1n) is 6.62. The zero-order chi connectivity index (χ0) is 16.6. The molecule has 0 fully saturated rings. The Balaban J connectivity index is 2.07. The van der Waals surface area contributed by atoms with Gasteiger partial charge in [-0.3, -0.25) is 15.2 Å². The van der Waals surface area contributed by atoms with E-state index < -0.39 is 10.5 Å². The van der Waals surface area contributed by atoms with Crippen LogP contribution in [0.5, 0.6) is 0 Å². The van der Waals surface area contributed by atoms with Gasteiger partial charge in [-0.1, -0.05) is 6.07 Å². The van der Waals surface area contributed by atoms with E-state index in [0.29, 0.717) is 10.9 Å². The van der Waals surface area contributed by atoms with Gasteiger partial charge in [-0.25, -0.2) is 4.79 Å². The van der Waals surface area contributed by atoms with Crippen molar-refractivity contribution >= 4 is 28.2 Å². The summed E-state index contributed by atoms with van der Waals surface area (Å²) in [5, 5.41) is 25.8. The molecule has 116 valence electrons. The highest BCUT2D eigenvalue weighted by molar-refractivity contribution is 5.83. The van der Waals surface area contributed by atoms with E-state index in [0.717, 1.165) is 5.69 Å². The first kappa shape index (κ1) is 14.6. The fourth-order valence-corrected chi connectivity index (χ4v) is 2.22. The summed E-state index contributed by atoms with van der Waals surface area (Å²) in [6, 6.07) is 5.65. The number of aromatic amines is 1. The van der Waals surface area contributed by atoms with Crippen LogP contribution in [0.2, 0.25) is 0 Å². The first-order valence-corrected chi connectivity index (χ1v) is 6.62. The lowest BCUT2D eigenvalue weighted by molar-refractivity contribution is -0.384. The van der Waals surface area contributed by atoms with Crippen LogP contribution in [-0.2, 0) is 0 Å². The van der Waals surface area contributed by atoms with Crippen LogP contribution in [0, 0.1) is 24.0 Å². The fourth-order valence-electron chi connectivity index (χ4n) is 2.22. The second-order valence-electron chi connectivity index (χ2n) is 4.87. The van der Waals surface area contributed by atoms with Gasteiger partial charge >= 0.3 is 5.63 Å². The summed E-state index contributed by atoms with van der Waals surface area (Å²) in [4.78, 5) is 22.2. The minimum absolute atomic E-state index is 0.0357. The zero-order valence-corrected chi connectivity index (χ0v) is 12.2. The number of nitrogens with zero attached hydrogens (tertiary/aromatic N) is 4. The second-order valence-corrected chi connectivity index (χ2v) is 4.87. The topological polar surface area (TPSA) is 127 Å². The number of rotatable bonds is 3. The summed E-state index contributed by atoms with van der Waals surface area (Å²) < 4.78 is 5.08. The second kappa shape index (κ2) is 5.44. The SMILES string of the molecule is Cc1[nH]nc2oc(=O)c(N=Nc3cccc([N+](=O)[O-])c3)c(C)c12. The number of aromatic nitrogens is 2. The standard InChI is InChI=1S/C14H11N5O4/c1-7-11-8(2)15-18-13(11)23-14(20)12(7)17-16-9-4-3-5-10(6-9)19(21)22/h3-6H,1-2H3,(H,15,18). The molecule has 0 radical (unpaired) electrons. The normalized spacial score (nSPS) is 11.4. The van der Waals surface area contributed by atoms with Crippen molar-refractivity contribution < 1.29 is 9.34 Å². The Morgan fingerprint density at radius 2 is 2.09 bits per heavy atom. The number of nitro groups is 1. The largest absolute Gasteiger partial charge is 0.400 e. The number of aryl methyl sites for hydroxylation is 2. The van der Waals surface area contributed by atoms with Crippen LogP contribution in [0.3, 0.4) is 0 Å². The molecule has 0 unspecified atom stereocenters. The number of fused-ring (bicyclic) bond motifs is 1. The van der Waals surface area contributed by atoms with Crippen LogP contribution in [0.4, 0.5) is 17.1 Å².